The quantitative estimate of drug-likeness (QED) is 0.325. The molecule has 36 heavy (non-hydrogen) atoms. The van der Waals surface area contributed by atoms with E-state index in [0.717, 1.165) is 24.3 Å². The zero-order valence-corrected chi connectivity index (χ0v) is 21.7. The van der Waals surface area contributed by atoms with E-state index in [2.05, 4.69) is 24.9 Å². The molecule has 2 N–H and O–H groups in total. The van der Waals surface area contributed by atoms with Crippen LogP contribution in [0.15, 0.2) is 65.6 Å². The fraction of sp³-hybridized carbons (Fsp3) is 0.200. The van der Waals surface area contributed by atoms with E-state index in [4.69, 9.17) is 27.9 Å². The summed E-state index contributed by atoms with van der Waals surface area (Å²) >= 11 is 12.5. The predicted octanol–water partition coefficient (Wildman–Crippen LogP) is 5.63. The van der Waals surface area contributed by atoms with Crippen molar-refractivity contribution in [2.75, 3.05) is 41.2 Å². The number of fused-ring (bicyclic) bond motifs is 1. The van der Waals surface area contributed by atoms with Crippen molar-refractivity contribution in [2.24, 2.45) is 0 Å². The molecular weight excluding hydrogens is 521 g/mol. The van der Waals surface area contributed by atoms with E-state index in [1.54, 1.807) is 12.1 Å². The van der Waals surface area contributed by atoms with Crippen LogP contribution in [0.1, 0.15) is 5.56 Å². The van der Waals surface area contributed by atoms with Crippen LogP contribution in [0.3, 0.4) is 0 Å². The summed E-state index contributed by atoms with van der Waals surface area (Å²) in [7, 11) is -3.95. The normalized spacial score (nSPS) is 14.1. The lowest BCUT2D eigenvalue weighted by Gasteiger charge is -2.29. The predicted molar refractivity (Wildman–Crippen MR) is 144 cm³/mol. The monoisotopic (exact) mass is 543 g/mol. The molecule has 186 valence electrons. The standard InChI is InChI=1S/C25H23Cl2N5O3S/c1-16-2-8-21-22(14-16)30-24(25(29-21)31-36(33,34)19-6-3-17(26)4-7-19)28-18-5-9-23(20(27)15-18)32-10-12-35-13-11-32/h2-9,14-15H,10-13H2,1H3,(H,28,30)(H,29,31). The molecule has 0 saturated carbocycles. The van der Waals surface area contributed by atoms with Crippen LogP contribution in [0.25, 0.3) is 11.0 Å². The second-order valence-electron chi connectivity index (χ2n) is 8.36. The summed E-state index contributed by atoms with van der Waals surface area (Å²) in [6.07, 6.45) is 0. The molecule has 1 aliphatic rings. The highest BCUT2D eigenvalue weighted by Gasteiger charge is 2.20. The molecule has 4 aromatic rings. The summed E-state index contributed by atoms with van der Waals surface area (Å²) < 4.78 is 34.2. The number of aryl methyl sites for hydroxylation is 1. The Morgan fingerprint density at radius 2 is 1.61 bits per heavy atom. The van der Waals surface area contributed by atoms with Gasteiger partial charge in [0.15, 0.2) is 11.6 Å². The smallest absolute Gasteiger partial charge is 0.263 e. The Kier molecular flexibility index (Phi) is 6.90. The third-order valence-electron chi connectivity index (χ3n) is 5.74. The van der Waals surface area contributed by atoms with Crippen molar-refractivity contribution in [1.82, 2.24) is 9.97 Å². The highest BCUT2D eigenvalue weighted by atomic mass is 35.5. The van der Waals surface area contributed by atoms with E-state index < -0.39 is 10.0 Å². The Morgan fingerprint density at radius 1 is 0.889 bits per heavy atom. The number of nitrogens with one attached hydrogen (secondary N) is 2. The zero-order valence-electron chi connectivity index (χ0n) is 19.3. The summed E-state index contributed by atoms with van der Waals surface area (Å²) in [5, 5.41) is 4.19. The van der Waals surface area contributed by atoms with Crippen molar-refractivity contribution >= 4 is 67.3 Å². The lowest BCUT2D eigenvalue weighted by Crippen LogP contribution is -2.36. The molecule has 5 rings (SSSR count). The minimum atomic E-state index is -3.95. The molecule has 0 atom stereocenters. The van der Waals surface area contributed by atoms with Gasteiger partial charge in [0, 0.05) is 23.8 Å². The highest BCUT2D eigenvalue weighted by Crippen LogP contribution is 2.33. The maximum absolute atomic E-state index is 13.1. The van der Waals surface area contributed by atoms with E-state index in [-0.39, 0.29) is 16.5 Å². The lowest BCUT2D eigenvalue weighted by atomic mass is 10.2. The van der Waals surface area contributed by atoms with Gasteiger partial charge in [-0.15, -0.1) is 0 Å². The number of sulfonamides is 1. The molecule has 11 heteroatoms. The van der Waals surface area contributed by atoms with E-state index in [1.165, 1.54) is 24.3 Å². The Bertz CT molecular complexity index is 1530. The Balaban J connectivity index is 1.51. The van der Waals surface area contributed by atoms with Gasteiger partial charge >= 0.3 is 0 Å². The molecule has 1 saturated heterocycles. The fourth-order valence-electron chi connectivity index (χ4n) is 3.90. The number of halogens is 2. The Hall–Kier alpha value is -3.11. The van der Waals surface area contributed by atoms with Gasteiger partial charge in [-0.3, -0.25) is 4.72 Å². The fourth-order valence-corrected chi connectivity index (χ4v) is 5.34. The minimum absolute atomic E-state index is 0.0570. The van der Waals surface area contributed by atoms with E-state index in [1.807, 2.05) is 31.2 Å². The van der Waals surface area contributed by atoms with Gasteiger partial charge in [-0.05, 0) is 67.1 Å². The van der Waals surface area contributed by atoms with Gasteiger partial charge in [0.25, 0.3) is 10.0 Å². The number of hydrogen-bond donors (Lipinski definition) is 2. The van der Waals surface area contributed by atoms with Crippen molar-refractivity contribution in [1.29, 1.82) is 0 Å². The van der Waals surface area contributed by atoms with E-state index >= 15 is 0 Å². The van der Waals surface area contributed by atoms with Crippen molar-refractivity contribution < 1.29 is 13.2 Å². The van der Waals surface area contributed by atoms with Gasteiger partial charge in [-0.25, -0.2) is 18.4 Å². The lowest BCUT2D eigenvalue weighted by molar-refractivity contribution is 0.122. The molecule has 1 fully saturated rings. The van der Waals surface area contributed by atoms with Crippen molar-refractivity contribution in [3.8, 4) is 0 Å². The highest BCUT2D eigenvalue weighted by molar-refractivity contribution is 7.92. The molecule has 0 aliphatic carbocycles. The van der Waals surface area contributed by atoms with Gasteiger partial charge in [0.1, 0.15) is 0 Å². The van der Waals surface area contributed by atoms with E-state index in [9.17, 15) is 8.42 Å². The average molecular weight is 544 g/mol. The SMILES string of the molecule is Cc1ccc2nc(NS(=O)(=O)c3ccc(Cl)cc3)c(Nc3ccc(N4CCOCC4)c(Cl)c3)nc2c1. The number of anilines is 4. The summed E-state index contributed by atoms with van der Waals surface area (Å²) in [5.41, 5.74) is 3.75. The number of benzene rings is 3. The molecule has 0 unspecified atom stereocenters. The van der Waals surface area contributed by atoms with Crippen LogP contribution in [0.2, 0.25) is 10.0 Å². The molecule has 0 spiro atoms. The van der Waals surface area contributed by atoms with Gasteiger partial charge in [-0.1, -0.05) is 29.3 Å². The van der Waals surface area contributed by atoms with Crippen molar-refractivity contribution in [2.45, 2.75) is 11.8 Å². The minimum Gasteiger partial charge on any atom is -0.378 e. The third-order valence-corrected chi connectivity index (χ3v) is 7.65. The van der Waals surface area contributed by atoms with Gasteiger partial charge in [0.05, 0.1) is 39.9 Å². The number of aromatic nitrogens is 2. The van der Waals surface area contributed by atoms with Gasteiger partial charge in [0.2, 0.25) is 0 Å². The molecule has 1 aromatic heterocycles. The van der Waals surface area contributed by atoms with Crippen LogP contribution in [0, 0.1) is 6.92 Å². The maximum Gasteiger partial charge on any atom is 0.263 e. The zero-order chi connectivity index (χ0) is 25.3. The molecule has 0 amide bonds. The number of ether oxygens (including phenoxy) is 1. The summed E-state index contributed by atoms with van der Waals surface area (Å²) in [4.78, 5) is 11.5. The summed E-state index contributed by atoms with van der Waals surface area (Å²) in [6.45, 7) is 4.78. The first kappa shape index (κ1) is 24.6. The topological polar surface area (TPSA) is 96.5 Å². The number of morpholine rings is 1. The van der Waals surface area contributed by atoms with Crippen LogP contribution in [0.5, 0.6) is 0 Å². The second-order valence-corrected chi connectivity index (χ2v) is 10.9. The van der Waals surface area contributed by atoms with Crippen molar-refractivity contribution in [3.05, 3.63) is 76.3 Å². The van der Waals surface area contributed by atoms with Crippen molar-refractivity contribution in [3.63, 3.8) is 0 Å². The number of rotatable bonds is 6. The molecule has 1 aliphatic heterocycles. The number of hydrogen-bond acceptors (Lipinski definition) is 7. The maximum atomic E-state index is 13.1. The molecule has 3 aromatic carbocycles. The van der Waals surface area contributed by atoms with Gasteiger partial charge < -0.3 is 15.0 Å². The molecular formula is C25H23Cl2N5O3S. The van der Waals surface area contributed by atoms with Crippen LogP contribution in [-0.2, 0) is 14.8 Å². The van der Waals surface area contributed by atoms with Gasteiger partial charge in [-0.2, -0.15) is 0 Å². The molecule has 2 heterocycles. The third kappa shape index (κ3) is 5.34. The first-order chi connectivity index (χ1) is 17.3. The molecule has 0 radical (unpaired) electrons. The van der Waals surface area contributed by atoms with Crippen LogP contribution >= 0.6 is 23.2 Å². The molecule has 0 bridgehead atoms. The van der Waals surface area contributed by atoms with E-state index in [0.29, 0.717) is 40.0 Å². The Morgan fingerprint density at radius 3 is 2.33 bits per heavy atom. The summed E-state index contributed by atoms with van der Waals surface area (Å²) in [5.74, 6) is 0.315. The van der Waals surface area contributed by atoms with Crippen LogP contribution < -0.4 is 14.9 Å². The molecule has 8 nitrogen and oxygen atoms in total. The second kappa shape index (κ2) is 10.1. The summed E-state index contributed by atoms with van der Waals surface area (Å²) in [6, 6.07) is 17.1. The first-order valence-electron chi connectivity index (χ1n) is 11.2. The Labute approximate surface area is 219 Å². The largest absolute Gasteiger partial charge is 0.378 e. The average Bonchev–Trinajstić information content (AvgIpc) is 2.85. The van der Waals surface area contributed by atoms with Crippen LogP contribution in [0.4, 0.5) is 23.0 Å². The van der Waals surface area contributed by atoms with Crippen LogP contribution in [-0.4, -0.2) is 44.7 Å². The first-order valence-corrected chi connectivity index (χ1v) is 13.5. The number of nitrogens with zero attached hydrogens (tertiary/aromatic N) is 3.